The lowest BCUT2D eigenvalue weighted by Gasteiger charge is -2.14. The van der Waals surface area contributed by atoms with Gasteiger partial charge in [-0.2, -0.15) is 0 Å². The minimum atomic E-state index is -3.40. The molecule has 0 fully saturated rings. The van der Waals surface area contributed by atoms with E-state index in [1.54, 1.807) is 12.1 Å². The van der Waals surface area contributed by atoms with Gasteiger partial charge >= 0.3 is 0 Å². The molecule has 1 atom stereocenters. The molecule has 1 aromatic carbocycles. The largest absolute Gasteiger partial charge is 0.309 e. The predicted octanol–water partition coefficient (Wildman–Crippen LogP) is 2.93. The van der Waals surface area contributed by atoms with Gasteiger partial charge in [0.1, 0.15) is 0 Å². The molecule has 1 aliphatic rings. The van der Waals surface area contributed by atoms with Crippen LogP contribution < -0.4 is 10.0 Å². The molecule has 0 aliphatic carbocycles. The van der Waals surface area contributed by atoms with Crippen LogP contribution in [0.2, 0.25) is 0 Å². The molecule has 21 heavy (non-hydrogen) atoms. The molecule has 5 heteroatoms. The summed E-state index contributed by atoms with van der Waals surface area (Å²) >= 11 is 0. The molecule has 0 amide bonds. The van der Waals surface area contributed by atoms with Crippen LogP contribution in [0.5, 0.6) is 0 Å². The highest BCUT2D eigenvalue weighted by Gasteiger charge is 2.20. The van der Waals surface area contributed by atoms with Gasteiger partial charge in [0.05, 0.1) is 4.90 Å². The van der Waals surface area contributed by atoms with E-state index >= 15 is 0 Å². The summed E-state index contributed by atoms with van der Waals surface area (Å²) in [5.74, 6) is 0. The van der Waals surface area contributed by atoms with Crippen molar-refractivity contribution in [1.29, 1.82) is 0 Å². The highest BCUT2D eigenvalue weighted by Crippen LogP contribution is 2.20. The summed E-state index contributed by atoms with van der Waals surface area (Å²) in [7, 11) is -3.40. The molecule has 1 heterocycles. The molecule has 2 N–H and O–H groups in total. The molecule has 0 radical (unpaired) electrons. The average Bonchev–Trinajstić information content (AvgIpc) is 2.90. The Kier molecular flexibility index (Phi) is 5.79. The first-order valence-electron chi connectivity index (χ1n) is 7.88. The zero-order chi connectivity index (χ0) is 15.3. The summed E-state index contributed by atoms with van der Waals surface area (Å²) in [4.78, 5) is 0.380. The van der Waals surface area contributed by atoms with Gasteiger partial charge in [0.15, 0.2) is 0 Å². The topological polar surface area (TPSA) is 58.2 Å². The number of rotatable bonds is 8. The van der Waals surface area contributed by atoms with Crippen LogP contribution >= 0.6 is 0 Å². The molecule has 0 bridgehead atoms. The molecule has 1 aliphatic heterocycles. The summed E-state index contributed by atoms with van der Waals surface area (Å²) < 4.78 is 27.6. The molecular formula is C16H26N2O2S. The van der Waals surface area contributed by atoms with Crippen LogP contribution in [0.25, 0.3) is 0 Å². The quantitative estimate of drug-likeness (QED) is 0.726. The highest BCUT2D eigenvalue weighted by atomic mass is 32.2. The molecule has 2 rings (SSSR count). The Balaban J connectivity index is 1.95. The van der Waals surface area contributed by atoms with E-state index < -0.39 is 10.0 Å². The van der Waals surface area contributed by atoms with E-state index in [0.29, 0.717) is 4.90 Å². The lowest BCUT2D eigenvalue weighted by atomic mass is 10.1. The van der Waals surface area contributed by atoms with Crippen LogP contribution in [-0.2, 0) is 23.1 Å². The molecule has 0 saturated heterocycles. The predicted molar refractivity (Wildman–Crippen MR) is 85.5 cm³/mol. The maximum absolute atomic E-state index is 12.4. The second-order valence-corrected chi connectivity index (χ2v) is 7.62. The molecular weight excluding hydrogens is 284 g/mol. The van der Waals surface area contributed by atoms with Gasteiger partial charge in [-0.15, -0.1) is 0 Å². The van der Waals surface area contributed by atoms with E-state index in [4.69, 9.17) is 0 Å². The Morgan fingerprint density at radius 2 is 1.95 bits per heavy atom. The van der Waals surface area contributed by atoms with Crippen molar-refractivity contribution in [2.75, 3.05) is 0 Å². The van der Waals surface area contributed by atoms with Crippen LogP contribution in [0.4, 0.5) is 0 Å². The first kappa shape index (κ1) is 16.5. The Labute approximate surface area is 128 Å². The van der Waals surface area contributed by atoms with Gasteiger partial charge in [0, 0.05) is 19.1 Å². The van der Waals surface area contributed by atoms with Crippen LogP contribution in [0.3, 0.4) is 0 Å². The van der Waals surface area contributed by atoms with Gasteiger partial charge in [0.25, 0.3) is 0 Å². The van der Waals surface area contributed by atoms with E-state index in [1.807, 2.05) is 13.0 Å². The number of hydrogen-bond donors (Lipinski definition) is 2. The van der Waals surface area contributed by atoms with Gasteiger partial charge in [-0.05, 0) is 36.6 Å². The number of benzene rings is 1. The summed E-state index contributed by atoms with van der Waals surface area (Å²) in [5.41, 5.74) is 2.29. The summed E-state index contributed by atoms with van der Waals surface area (Å²) in [6.45, 7) is 5.70. The van der Waals surface area contributed by atoms with Crippen LogP contribution in [-0.4, -0.2) is 14.5 Å². The fraction of sp³-hybridized carbons (Fsp3) is 0.625. The fourth-order valence-electron chi connectivity index (χ4n) is 2.71. The monoisotopic (exact) mass is 310 g/mol. The SMILES string of the molecule is CCCCCCC(C)NS(=O)(=O)c1ccc2c(c1)CNC2. The van der Waals surface area contributed by atoms with Crippen molar-refractivity contribution >= 4 is 10.0 Å². The summed E-state index contributed by atoms with van der Waals surface area (Å²) in [5, 5.41) is 3.23. The van der Waals surface area contributed by atoms with Crippen molar-refractivity contribution in [3.63, 3.8) is 0 Å². The van der Waals surface area contributed by atoms with Crippen molar-refractivity contribution in [1.82, 2.24) is 10.0 Å². The molecule has 0 saturated carbocycles. The lowest BCUT2D eigenvalue weighted by molar-refractivity contribution is 0.522. The smallest absolute Gasteiger partial charge is 0.240 e. The van der Waals surface area contributed by atoms with Crippen LogP contribution in [0.15, 0.2) is 23.1 Å². The Morgan fingerprint density at radius 1 is 1.19 bits per heavy atom. The third-order valence-electron chi connectivity index (χ3n) is 3.97. The molecule has 4 nitrogen and oxygen atoms in total. The molecule has 0 aromatic heterocycles. The molecule has 1 aromatic rings. The van der Waals surface area contributed by atoms with Gasteiger partial charge in [0.2, 0.25) is 10.0 Å². The number of sulfonamides is 1. The maximum atomic E-state index is 12.4. The molecule has 1 unspecified atom stereocenters. The van der Waals surface area contributed by atoms with Gasteiger partial charge in [-0.25, -0.2) is 13.1 Å². The van der Waals surface area contributed by atoms with Crippen molar-refractivity contribution in [3.05, 3.63) is 29.3 Å². The first-order chi connectivity index (χ1) is 10.0. The van der Waals surface area contributed by atoms with Gasteiger partial charge in [-0.3, -0.25) is 0 Å². The minimum Gasteiger partial charge on any atom is -0.309 e. The minimum absolute atomic E-state index is 0.0155. The van der Waals surface area contributed by atoms with E-state index in [2.05, 4.69) is 17.0 Å². The first-order valence-corrected chi connectivity index (χ1v) is 9.36. The average molecular weight is 310 g/mol. The third-order valence-corrected chi connectivity index (χ3v) is 5.55. The number of hydrogen-bond acceptors (Lipinski definition) is 3. The Bertz CT molecular complexity index is 570. The van der Waals surface area contributed by atoms with E-state index in [0.717, 1.165) is 31.5 Å². The van der Waals surface area contributed by atoms with Gasteiger partial charge in [-0.1, -0.05) is 38.7 Å². The van der Waals surface area contributed by atoms with Crippen molar-refractivity contribution < 1.29 is 8.42 Å². The van der Waals surface area contributed by atoms with Crippen molar-refractivity contribution in [3.8, 4) is 0 Å². The zero-order valence-corrected chi connectivity index (χ0v) is 13.8. The Hall–Kier alpha value is -0.910. The standard InChI is InChI=1S/C16H26N2O2S/c1-3-4-5-6-7-13(2)18-21(19,20)16-9-8-14-11-17-12-15(14)10-16/h8-10,13,17-18H,3-7,11-12H2,1-2H3. The second kappa shape index (κ2) is 7.38. The van der Waals surface area contributed by atoms with Crippen LogP contribution in [0.1, 0.15) is 57.1 Å². The lowest BCUT2D eigenvalue weighted by Crippen LogP contribution is -2.32. The second-order valence-electron chi connectivity index (χ2n) is 5.91. The fourth-order valence-corrected chi connectivity index (χ4v) is 4.04. The Morgan fingerprint density at radius 3 is 2.71 bits per heavy atom. The number of fused-ring (bicyclic) bond motifs is 1. The maximum Gasteiger partial charge on any atom is 0.240 e. The van der Waals surface area contributed by atoms with E-state index in [1.165, 1.54) is 24.8 Å². The molecule has 0 spiro atoms. The number of nitrogens with one attached hydrogen (secondary N) is 2. The summed E-state index contributed by atoms with van der Waals surface area (Å²) in [6, 6.07) is 5.40. The number of unbranched alkanes of at least 4 members (excludes halogenated alkanes) is 3. The third kappa shape index (κ3) is 4.53. The normalized spacial score (nSPS) is 15.9. The van der Waals surface area contributed by atoms with E-state index in [-0.39, 0.29) is 6.04 Å². The van der Waals surface area contributed by atoms with E-state index in [9.17, 15) is 8.42 Å². The van der Waals surface area contributed by atoms with Crippen molar-refractivity contribution in [2.24, 2.45) is 0 Å². The van der Waals surface area contributed by atoms with Crippen LogP contribution in [0, 0.1) is 0 Å². The van der Waals surface area contributed by atoms with Crippen molar-refractivity contribution in [2.45, 2.75) is 70.0 Å². The summed E-state index contributed by atoms with van der Waals surface area (Å²) in [6.07, 6.45) is 5.56. The molecule has 118 valence electrons. The highest BCUT2D eigenvalue weighted by molar-refractivity contribution is 7.89. The zero-order valence-electron chi connectivity index (χ0n) is 13.0. The van der Waals surface area contributed by atoms with Gasteiger partial charge < -0.3 is 5.32 Å².